The minimum absolute atomic E-state index is 0.0398. The molecule has 0 radical (unpaired) electrons. The highest BCUT2D eigenvalue weighted by Crippen LogP contribution is 2.25. The quantitative estimate of drug-likeness (QED) is 0.448. The van der Waals surface area contributed by atoms with Crippen LogP contribution < -0.4 is 15.1 Å². The van der Waals surface area contributed by atoms with Crippen LogP contribution in [-0.2, 0) is 19.5 Å². The van der Waals surface area contributed by atoms with Crippen LogP contribution in [0, 0.1) is 0 Å². The summed E-state index contributed by atoms with van der Waals surface area (Å²) in [5.41, 5.74) is 1.28. The fraction of sp³-hybridized carbons (Fsp3) is 0.333. The number of aromatic nitrogens is 1. The number of benzene rings is 2. The maximum atomic E-state index is 13.3. The number of anilines is 1. The largest absolute Gasteiger partial charge is 0.360 e. The SMILES string of the molecule is COC(CNC(=O)c1c[nH]c2ccc(S(=O)(=O)N(C)c3ccc(C(C)C)cc3)cc2c1=O)OC. The standard InChI is InChI=1S/C24H29N3O6S/c1-15(2)16-6-8-17(9-7-16)27(3)34(30,31)18-10-11-21-19(12-18)23(28)20(13-25-21)24(29)26-14-22(32-4)33-5/h6-13,15,22H,14H2,1-5H3,(H,25,28)(H,26,29). The molecule has 1 aromatic heterocycles. The Morgan fingerprint density at radius 3 is 2.32 bits per heavy atom. The number of rotatable bonds is 9. The number of nitrogens with one attached hydrogen (secondary N) is 2. The molecule has 0 atom stereocenters. The van der Waals surface area contributed by atoms with E-state index in [0.29, 0.717) is 17.1 Å². The number of fused-ring (bicyclic) bond motifs is 1. The Bertz CT molecular complexity index is 1330. The highest BCUT2D eigenvalue weighted by molar-refractivity contribution is 7.92. The predicted octanol–water partition coefficient (Wildman–Crippen LogP) is 2.83. The zero-order valence-corrected chi connectivity index (χ0v) is 20.6. The van der Waals surface area contributed by atoms with Crippen LogP contribution in [0.25, 0.3) is 10.9 Å². The van der Waals surface area contributed by atoms with Crippen molar-refractivity contribution < 1.29 is 22.7 Å². The molecule has 0 saturated heterocycles. The van der Waals surface area contributed by atoms with Gasteiger partial charge in [0.2, 0.25) is 5.43 Å². The predicted molar refractivity (Wildman–Crippen MR) is 131 cm³/mol. The van der Waals surface area contributed by atoms with Crippen molar-refractivity contribution in [3.63, 3.8) is 0 Å². The average Bonchev–Trinajstić information content (AvgIpc) is 2.84. The summed E-state index contributed by atoms with van der Waals surface area (Å²) in [6, 6.07) is 11.5. The van der Waals surface area contributed by atoms with Gasteiger partial charge in [0.1, 0.15) is 5.56 Å². The van der Waals surface area contributed by atoms with Crippen LogP contribution in [0.2, 0.25) is 0 Å². The molecule has 2 aromatic carbocycles. The fourth-order valence-corrected chi connectivity index (χ4v) is 4.65. The summed E-state index contributed by atoms with van der Waals surface area (Å²) in [6.07, 6.45) is 0.635. The lowest BCUT2D eigenvalue weighted by Crippen LogP contribution is -2.36. The molecule has 0 fully saturated rings. The molecule has 1 amide bonds. The summed E-state index contributed by atoms with van der Waals surface area (Å²) >= 11 is 0. The molecular formula is C24H29N3O6S. The number of ether oxygens (including phenoxy) is 2. The van der Waals surface area contributed by atoms with Crippen molar-refractivity contribution in [2.24, 2.45) is 0 Å². The van der Waals surface area contributed by atoms with Crippen molar-refractivity contribution in [2.45, 2.75) is 31.0 Å². The summed E-state index contributed by atoms with van der Waals surface area (Å²) < 4.78 is 37.8. The van der Waals surface area contributed by atoms with Gasteiger partial charge in [-0.3, -0.25) is 13.9 Å². The third kappa shape index (κ3) is 5.14. The van der Waals surface area contributed by atoms with Crippen molar-refractivity contribution in [1.82, 2.24) is 10.3 Å². The molecule has 3 aromatic rings. The Hall–Kier alpha value is -3.21. The lowest BCUT2D eigenvalue weighted by Gasteiger charge is -2.20. The maximum Gasteiger partial charge on any atom is 0.264 e. The Labute approximate surface area is 198 Å². The number of amides is 1. The topological polar surface area (TPSA) is 118 Å². The lowest BCUT2D eigenvalue weighted by molar-refractivity contribution is -0.0974. The highest BCUT2D eigenvalue weighted by atomic mass is 32.2. The molecule has 182 valence electrons. The molecule has 0 unspecified atom stereocenters. The van der Waals surface area contributed by atoms with Gasteiger partial charge in [-0.05, 0) is 41.8 Å². The molecular weight excluding hydrogens is 458 g/mol. The number of aromatic amines is 1. The van der Waals surface area contributed by atoms with Crippen LogP contribution in [0.15, 0.2) is 58.4 Å². The summed E-state index contributed by atoms with van der Waals surface area (Å²) in [5, 5.41) is 2.66. The van der Waals surface area contributed by atoms with Crippen LogP contribution >= 0.6 is 0 Å². The Kier molecular flexibility index (Phi) is 7.75. The third-order valence-corrected chi connectivity index (χ3v) is 7.42. The highest BCUT2D eigenvalue weighted by Gasteiger charge is 2.23. The fourth-order valence-electron chi connectivity index (χ4n) is 3.43. The second-order valence-corrected chi connectivity index (χ2v) is 10.0. The second-order valence-electron chi connectivity index (χ2n) is 8.07. The maximum absolute atomic E-state index is 13.3. The van der Waals surface area contributed by atoms with E-state index < -0.39 is 27.6 Å². The first kappa shape index (κ1) is 25.4. The van der Waals surface area contributed by atoms with Crippen LogP contribution in [0.5, 0.6) is 0 Å². The van der Waals surface area contributed by atoms with E-state index in [2.05, 4.69) is 24.1 Å². The molecule has 9 nitrogen and oxygen atoms in total. The van der Waals surface area contributed by atoms with Gasteiger partial charge in [-0.15, -0.1) is 0 Å². The van der Waals surface area contributed by atoms with Crippen molar-refractivity contribution in [1.29, 1.82) is 0 Å². The van der Waals surface area contributed by atoms with Gasteiger partial charge in [-0.1, -0.05) is 26.0 Å². The van der Waals surface area contributed by atoms with Gasteiger partial charge in [0, 0.05) is 38.4 Å². The molecule has 0 saturated carbocycles. The number of carbonyl (C=O) groups is 1. The van der Waals surface area contributed by atoms with Gasteiger partial charge in [-0.25, -0.2) is 8.42 Å². The summed E-state index contributed by atoms with van der Waals surface area (Å²) in [6.45, 7) is 4.16. The van der Waals surface area contributed by atoms with Gasteiger partial charge in [0.15, 0.2) is 6.29 Å². The van der Waals surface area contributed by atoms with E-state index in [1.807, 2.05) is 12.1 Å². The van der Waals surface area contributed by atoms with Gasteiger partial charge < -0.3 is 19.8 Å². The number of pyridine rings is 1. The van der Waals surface area contributed by atoms with Crippen LogP contribution in [0.4, 0.5) is 5.69 Å². The number of H-pyrrole nitrogens is 1. The molecule has 0 aliphatic rings. The molecule has 34 heavy (non-hydrogen) atoms. The molecule has 3 rings (SSSR count). The zero-order chi connectivity index (χ0) is 25.0. The van der Waals surface area contributed by atoms with Gasteiger partial charge in [-0.2, -0.15) is 0 Å². The van der Waals surface area contributed by atoms with E-state index >= 15 is 0 Å². The van der Waals surface area contributed by atoms with Crippen LogP contribution in [0.3, 0.4) is 0 Å². The van der Waals surface area contributed by atoms with Crippen LogP contribution in [0.1, 0.15) is 35.7 Å². The monoisotopic (exact) mass is 487 g/mol. The van der Waals surface area contributed by atoms with E-state index in [9.17, 15) is 18.0 Å². The van der Waals surface area contributed by atoms with Gasteiger partial charge in [0.25, 0.3) is 15.9 Å². The second kappa shape index (κ2) is 10.4. The normalized spacial score (nSPS) is 11.9. The number of hydrogen-bond donors (Lipinski definition) is 2. The Balaban J connectivity index is 1.94. The van der Waals surface area contributed by atoms with Crippen molar-refractivity contribution in [2.75, 3.05) is 32.1 Å². The molecule has 2 N–H and O–H groups in total. The third-order valence-electron chi connectivity index (χ3n) is 5.63. The minimum Gasteiger partial charge on any atom is -0.360 e. The number of methoxy groups -OCH3 is 2. The van der Waals surface area contributed by atoms with Gasteiger partial charge >= 0.3 is 0 Å². The number of sulfonamides is 1. The van der Waals surface area contributed by atoms with Crippen molar-refractivity contribution in [3.8, 4) is 0 Å². The Morgan fingerprint density at radius 2 is 1.74 bits per heavy atom. The summed E-state index contributed by atoms with van der Waals surface area (Å²) in [4.78, 5) is 28.4. The van der Waals surface area contributed by atoms with Crippen molar-refractivity contribution >= 4 is 32.5 Å². The molecule has 0 spiro atoms. The molecule has 0 aliphatic heterocycles. The molecule has 10 heteroatoms. The first-order chi connectivity index (χ1) is 16.1. The van der Waals surface area contributed by atoms with E-state index in [-0.39, 0.29) is 22.4 Å². The molecule has 1 heterocycles. The van der Waals surface area contributed by atoms with E-state index in [0.717, 1.165) is 5.56 Å². The first-order valence-corrected chi connectivity index (χ1v) is 12.1. The Morgan fingerprint density at radius 1 is 1.09 bits per heavy atom. The molecule has 0 bridgehead atoms. The van der Waals surface area contributed by atoms with Gasteiger partial charge in [0.05, 0.1) is 17.1 Å². The smallest absolute Gasteiger partial charge is 0.264 e. The van der Waals surface area contributed by atoms with Crippen molar-refractivity contribution in [3.05, 3.63) is 70.0 Å². The summed E-state index contributed by atoms with van der Waals surface area (Å²) in [7, 11) is 0.373. The van der Waals surface area contributed by atoms with E-state index in [1.54, 1.807) is 12.1 Å². The van der Waals surface area contributed by atoms with E-state index in [1.165, 1.54) is 50.0 Å². The van der Waals surface area contributed by atoms with E-state index in [4.69, 9.17) is 9.47 Å². The number of hydrogen-bond acceptors (Lipinski definition) is 6. The zero-order valence-electron chi connectivity index (χ0n) is 19.8. The minimum atomic E-state index is -3.95. The first-order valence-electron chi connectivity index (χ1n) is 10.7. The summed E-state index contributed by atoms with van der Waals surface area (Å²) in [5.74, 6) is -0.303. The van der Waals surface area contributed by atoms with Crippen LogP contribution in [-0.4, -0.2) is 53.4 Å². The average molecular weight is 488 g/mol. The lowest BCUT2D eigenvalue weighted by atomic mass is 10.0. The molecule has 0 aliphatic carbocycles. The number of carbonyl (C=O) groups excluding carboxylic acids is 1. The number of nitrogens with zero attached hydrogens (tertiary/aromatic N) is 1.